The highest BCUT2D eigenvalue weighted by molar-refractivity contribution is 3.93. The second kappa shape index (κ2) is 119. The van der Waals surface area contributed by atoms with Gasteiger partial charge in [0.2, 0.25) is 0 Å². The molecule has 0 heterocycles. The van der Waals surface area contributed by atoms with Crippen molar-refractivity contribution in [2.75, 3.05) is 0 Å². The molecule has 5 N–H and O–H groups in total. The van der Waals surface area contributed by atoms with Crippen LogP contribution in [0.4, 0.5) is 0 Å². The van der Waals surface area contributed by atoms with E-state index < -0.39 is 0 Å². The Hall–Kier alpha value is -0.0800. The van der Waals surface area contributed by atoms with Gasteiger partial charge in [-0.1, -0.05) is 81.1 Å². The maximum Gasteiger partial charge on any atom is -0.0590 e. The lowest BCUT2D eigenvalue weighted by molar-refractivity contribution is 0.824. The van der Waals surface area contributed by atoms with Crippen LogP contribution in [0.2, 0.25) is 0 Å². The molecule has 0 aromatic rings. The van der Waals surface area contributed by atoms with Crippen molar-refractivity contribution in [1.82, 2.24) is 6.15 Å². The van der Waals surface area contributed by atoms with Crippen LogP contribution in [-0.2, 0) is 0 Å². The van der Waals surface area contributed by atoms with E-state index in [1.807, 2.05) is 0 Å². The predicted molar refractivity (Wildman–Crippen MR) is 72.5 cm³/mol. The van der Waals surface area contributed by atoms with Crippen molar-refractivity contribution in [3.63, 3.8) is 0 Å². The smallest absolute Gasteiger partial charge is 0.0590 e. The number of hydrogen-bond acceptors (Lipinski definition) is 1. The highest BCUT2D eigenvalue weighted by Gasteiger charge is 1.36. The third-order valence-corrected chi connectivity index (χ3v) is 0. The van der Waals surface area contributed by atoms with E-state index in [1.54, 1.807) is 0 Å². The summed E-state index contributed by atoms with van der Waals surface area (Å²) in [5.41, 5.74) is 0. The molecule has 14 heavy (non-hydrogen) atoms. The summed E-state index contributed by atoms with van der Waals surface area (Å²) in [6.45, 7) is 17.0. The van der Waals surface area contributed by atoms with E-state index in [0.29, 0.717) is 0 Å². The zero-order chi connectivity index (χ0) is 10.8. The Kier molecular flexibility index (Phi) is 316. The third-order valence-electron chi connectivity index (χ3n) is 0. The molecule has 0 radical (unpaired) electrons. The van der Waals surface area contributed by atoms with Crippen molar-refractivity contribution >= 4 is 0 Å². The van der Waals surface area contributed by atoms with E-state index in [1.165, 1.54) is 25.7 Å². The van der Waals surface area contributed by atoms with Crippen molar-refractivity contribution < 1.29 is 5.48 Å². The summed E-state index contributed by atoms with van der Waals surface area (Å²) in [4.78, 5) is 0. The average Bonchev–Trinajstić information content (AvgIpc) is 1.92. The molecule has 0 aromatic heterocycles. The summed E-state index contributed by atoms with van der Waals surface area (Å²) in [7, 11) is 0. The van der Waals surface area contributed by atoms with Crippen molar-refractivity contribution in [2.45, 2.75) is 81.1 Å². The second-order valence-electron chi connectivity index (χ2n) is 2.83. The van der Waals surface area contributed by atoms with Crippen LogP contribution in [0.1, 0.15) is 81.1 Å². The maximum atomic E-state index is 2.12. The van der Waals surface area contributed by atoms with Crippen molar-refractivity contribution in [2.24, 2.45) is 0 Å². The Balaban J connectivity index is -0.0000000145. The monoisotopic (exact) mass is 211 g/mol. The van der Waals surface area contributed by atoms with E-state index in [4.69, 9.17) is 0 Å². The summed E-state index contributed by atoms with van der Waals surface area (Å²) in [5.74, 6) is 0. The van der Waals surface area contributed by atoms with Crippen LogP contribution in [0.15, 0.2) is 0 Å². The van der Waals surface area contributed by atoms with Crippen molar-refractivity contribution in [3.05, 3.63) is 0 Å². The first-order valence-electron chi connectivity index (χ1n) is 5.66. The van der Waals surface area contributed by atoms with Crippen LogP contribution in [0.5, 0.6) is 0 Å². The average molecular weight is 211 g/mol. The molecule has 2 heteroatoms. The lowest BCUT2D eigenvalue weighted by Crippen LogP contribution is -1.27. The summed E-state index contributed by atoms with van der Waals surface area (Å²) >= 11 is 0. The van der Waals surface area contributed by atoms with Gasteiger partial charge in [0.25, 0.3) is 0 Å². The van der Waals surface area contributed by atoms with Crippen LogP contribution < -0.4 is 6.15 Å². The second-order valence-corrected chi connectivity index (χ2v) is 2.83. The number of hydrogen-bond donors (Lipinski definition) is 1. The molecule has 96 valence electrons. The maximum absolute atomic E-state index is 2.12. The molecule has 0 rings (SSSR count). The fourth-order valence-corrected chi connectivity index (χ4v) is 0. The van der Waals surface area contributed by atoms with Crippen molar-refractivity contribution in [1.29, 1.82) is 0 Å². The van der Waals surface area contributed by atoms with E-state index in [-0.39, 0.29) is 11.6 Å². The molecule has 0 amide bonds. The van der Waals surface area contributed by atoms with Crippen LogP contribution in [0, 0.1) is 0 Å². The highest BCUT2D eigenvalue weighted by Crippen LogP contribution is 1.57. The van der Waals surface area contributed by atoms with Crippen LogP contribution >= 0.6 is 0 Å². The minimum atomic E-state index is 0. The first-order valence-corrected chi connectivity index (χ1v) is 5.66. The van der Waals surface area contributed by atoms with Gasteiger partial charge in [-0.3, -0.25) is 0 Å². The van der Waals surface area contributed by atoms with Crippen LogP contribution in [-0.4, -0.2) is 5.48 Å². The summed E-state index contributed by atoms with van der Waals surface area (Å²) in [6.07, 6.45) is 5.00. The normalized spacial score (nSPS) is 5.14. The molecule has 2 nitrogen and oxygen atoms in total. The topological polar surface area (TPSA) is 66.5 Å². The van der Waals surface area contributed by atoms with Gasteiger partial charge in [-0.25, -0.2) is 0 Å². The Labute approximate surface area is 93.4 Å². The van der Waals surface area contributed by atoms with Gasteiger partial charge in [-0.05, 0) is 0 Å². The molecule has 0 unspecified atom stereocenters. The fraction of sp³-hybridized carbons (Fsp3) is 1.00. The largest absolute Gasteiger partial charge is 0.412 e. The molecular weight excluding hydrogens is 174 g/mol. The molecule has 0 fully saturated rings. The summed E-state index contributed by atoms with van der Waals surface area (Å²) in [6, 6.07) is 0. The van der Waals surface area contributed by atoms with Crippen LogP contribution in [0.3, 0.4) is 0 Å². The van der Waals surface area contributed by atoms with Gasteiger partial charge in [-0.15, -0.1) is 0 Å². The first kappa shape index (κ1) is 37.0. The Morgan fingerprint density at radius 1 is 0.429 bits per heavy atom. The first-order chi connectivity index (χ1) is 5.66. The molecular formula is C12H37NO. The minimum Gasteiger partial charge on any atom is -0.412 e. The van der Waals surface area contributed by atoms with Gasteiger partial charge in [0.15, 0.2) is 0 Å². The van der Waals surface area contributed by atoms with E-state index in [2.05, 4.69) is 55.4 Å². The molecule has 0 atom stereocenters. The fourth-order valence-electron chi connectivity index (χ4n) is 0. The predicted octanol–water partition coefficient (Wildman–Crippen LogP) is 5.00. The van der Waals surface area contributed by atoms with Crippen LogP contribution in [0.25, 0.3) is 0 Å². The highest BCUT2D eigenvalue weighted by atomic mass is 16.0. The zero-order valence-electron chi connectivity index (χ0n) is 12.0. The number of rotatable bonds is 0. The van der Waals surface area contributed by atoms with Crippen molar-refractivity contribution in [3.8, 4) is 0 Å². The van der Waals surface area contributed by atoms with Gasteiger partial charge in [-0.2, -0.15) is 0 Å². The van der Waals surface area contributed by atoms with Gasteiger partial charge in [0, 0.05) is 0 Å². The van der Waals surface area contributed by atoms with Gasteiger partial charge < -0.3 is 11.6 Å². The van der Waals surface area contributed by atoms with E-state index in [9.17, 15) is 0 Å². The Morgan fingerprint density at radius 3 is 0.429 bits per heavy atom. The summed E-state index contributed by atoms with van der Waals surface area (Å²) in [5, 5.41) is 0. The third kappa shape index (κ3) is 222000. The molecule has 0 spiro atoms. The Morgan fingerprint density at radius 2 is 0.429 bits per heavy atom. The quantitative estimate of drug-likeness (QED) is 0.601. The standard InChI is InChI=1S/4C3H8.H3N.H2O/c4*1-3-2;;/h4*3H2,1-2H3;1H3;1H2. The molecule has 0 bridgehead atoms. The lowest BCUT2D eigenvalue weighted by Gasteiger charge is -1.48. The molecule has 0 saturated heterocycles. The molecule has 0 aliphatic heterocycles. The molecule has 0 aliphatic carbocycles. The minimum absolute atomic E-state index is 0. The SMILES string of the molecule is CCC.CCC.CCC.CCC.N.O. The van der Waals surface area contributed by atoms with E-state index in [0.717, 1.165) is 0 Å². The molecule has 0 aromatic carbocycles. The molecule has 0 saturated carbocycles. The van der Waals surface area contributed by atoms with Gasteiger partial charge in [0.05, 0.1) is 0 Å². The Bertz CT molecular complexity index is 18.3. The van der Waals surface area contributed by atoms with Gasteiger partial charge >= 0.3 is 0 Å². The lowest BCUT2D eigenvalue weighted by atomic mass is 10.6. The zero-order valence-corrected chi connectivity index (χ0v) is 12.0. The summed E-state index contributed by atoms with van der Waals surface area (Å²) < 4.78 is 0. The molecule has 0 aliphatic rings. The van der Waals surface area contributed by atoms with Gasteiger partial charge in [0.1, 0.15) is 0 Å². The van der Waals surface area contributed by atoms with E-state index >= 15 is 0 Å².